The zero-order chi connectivity index (χ0) is 15.5. The van der Waals surface area contributed by atoms with Crippen LogP contribution in [0.2, 0.25) is 0 Å². The van der Waals surface area contributed by atoms with Crippen LogP contribution in [0.3, 0.4) is 0 Å². The second-order valence-electron chi connectivity index (χ2n) is 6.19. The van der Waals surface area contributed by atoms with Crippen molar-refractivity contribution in [2.45, 2.75) is 46.4 Å². The quantitative estimate of drug-likeness (QED) is 0.896. The molecule has 0 aliphatic rings. The number of nitrogens with one attached hydrogen (secondary N) is 1. The molecule has 1 aromatic carbocycles. The largest absolute Gasteiger partial charge is 0.483 e. The van der Waals surface area contributed by atoms with Gasteiger partial charge < -0.3 is 14.5 Å². The van der Waals surface area contributed by atoms with Crippen LogP contribution in [-0.2, 0) is 13.2 Å². The molecule has 0 amide bonds. The van der Waals surface area contributed by atoms with E-state index in [0.717, 1.165) is 11.3 Å². The molecule has 2 rings (SSSR count). The summed E-state index contributed by atoms with van der Waals surface area (Å²) in [4.78, 5) is 0. The van der Waals surface area contributed by atoms with E-state index in [1.165, 1.54) is 6.07 Å². The molecule has 0 saturated carbocycles. The van der Waals surface area contributed by atoms with Crippen molar-refractivity contribution in [3.05, 3.63) is 53.2 Å². The highest BCUT2D eigenvalue weighted by Gasteiger charge is 2.11. The van der Waals surface area contributed by atoms with Gasteiger partial charge >= 0.3 is 0 Å². The number of rotatable bonds is 5. The molecular weight excluding hydrogens is 269 g/mol. The molecule has 0 bridgehead atoms. The predicted octanol–water partition coefficient (Wildman–Crippen LogP) is 4.19. The third-order valence-corrected chi connectivity index (χ3v) is 2.97. The normalized spacial score (nSPS) is 11.7. The van der Waals surface area contributed by atoms with Gasteiger partial charge in [-0.05, 0) is 57.5 Å². The van der Waals surface area contributed by atoms with Gasteiger partial charge in [0.25, 0.3) is 0 Å². The summed E-state index contributed by atoms with van der Waals surface area (Å²) in [7, 11) is 0. The van der Waals surface area contributed by atoms with Crippen LogP contribution in [0.25, 0.3) is 0 Å². The van der Waals surface area contributed by atoms with Gasteiger partial charge in [0, 0.05) is 5.54 Å². The molecule has 0 fully saturated rings. The smallest absolute Gasteiger partial charge is 0.165 e. The molecule has 1 heterocycles. The summed E-state index contributed by atoms with van der Waals surface area (Å²) in [5.74, 6) is 1.41. The minimum atomic E-state index is -0.359. The topological polar surface area (TPSA) is 34.4 Å². The molecule has 0 spiro atoms. The van der Waals surface area contributed by atoms with Crippen molar-refractivity contribution in [1.29, 1.82) is 0 Å². The lowest BCUT2D eigenvalue weighted by molar-refractivity contribution is 0.252. The van der Waals surface area contributed by atoms with Gasteiger partial charge in [0.2, 0.25) is 0 Å². The van der Waals surface area contributed by atoms with Crippen LogP contribution in [0.15, 0.2) is 34.7 Å². The molecule has 114 valence electrons. The summed E-state index contributed by atoms with van der Waals surface area (Å²) in [5.41, 5.74) is 0.995. The Balaban J connectivity index is 1.92. The first-order valence-electron chi connectivity index (χ1n) is 7.05. The van der Waals surface area contributed by atoms with E-state index in [1.807, 2.05) is 19.1 Å². The van der Waals surface area contributed by atoms with Crippen molar-refractivity contribution < 1.29 is 13.5 Å². The number of hydrogen-bond donors (Lipinski definition) is 1. The van der Waals surface area contributed by atoms with Crippen molar-refractivity contribution in [2.24, 2.45) is 0 Å². The maximum Gasteiger partial charge on any atom is 0.165 e. The Morgan fingerprint density at radius 2 is 1.86 bits per heavy atom. The molecule has 4 heteroatoms. The molecule has 21 heavy (non-hydrogen) atoms. The van der Waals surface area contributed by atoms with Gasteiger partial charge in [-0.1, -0.05) is 6.07 Å². The average Bonchev–Trinajstić information content (AvgIpc) is 2.85. The SMILES string of the molecule is Cc1ccc(F)c(OCc2ccc(CNC(C)(C)C)o2)c1. The standard InChI is InChI=1S/C17H22FNO2/c1-12-5-8-15(18)16(9-12)20-11-14-7-6-13(21-14)10-19-17(2,3)4/h5-9,19H,10-11H2,1-4H3. The summed E-state index contributed by atoms with van der Waals surface area (Å²) in [6.07, 6.45) is 0. The fourth-order valence-corrected chi connectivity index (χ4v) is 1.82. The summed E-state index contributed by atoms with van der Waals surface area (Å²) >= 11 is 0. The maximum atomic E-state index is 13.6. The highest BCUT2D eigenvalue weighted by Crippen LogP contribution is 2.20. The van der Waals surface area contributed by atoms with Crippen LogP contribution in [-0.4, -0.2) is 5.54 Å². The van der Waals surface area contributed by atoms with Crippen LogP contribution in [0.1, 0.15) is 37.9 Å². The number of benzene rings is 1. The Bertz CT molecular complexity index is 599. The number of hydrogen-bond acceptors (Lipinski definition) is 3. The van der Waals surface area contributed by atoms with E-state index < -0.39 is 0 Å². The molecule has 1 aromatic heterocycles. The van der Waals surface area contributed by atoms with E-state index in [9.17, 15) is 4.39 Å². The third kappa shape index (κ3) is 4.90. The van der Waals surface area contributed by atoms with E-state index in [0.29, 0.717) is 12.3 Å². The molecule has 0 saturated heterocycles. The lowest BCUT2D eigenvalue weighted by Crippen LogP contribution is -2.34. The first-order valence-corrected chi connectivity index (χ1v) is 7.05. The minimum Gasteiger partial charge on any atom is -0.483 e. The molecule has 1 N–H and O–H groups in total. The second-order valence-corrected chi connectivity index (χ2v) is 6.19. The second kappa shape index (κ2) is 6.31. The Hall–Kier alpha value is -1.81. The van der Waals surface area contributed by atoms with Crippen molar-refractivity contribution in [1.82, 2.24) is 5.32 Å². The Morgan fingerprint density at radius 1 is 1.14 bits per heavy atom. The van der Waals surface area contributed by atoms with Crippen LogP contribution >= 0.6 is 0 Å². The highest BCUT2D eigenvalue weighted by molar-refractivity contribution is 5.29. The van der Waals surface area contributed by atoms with Gasteiger partial charge in [-0.3, -0.25) is 0 Å². The van der Waals surface area contributed by atoms with E-state index in [-0.39, 0.29) is 23.7 Å². The molecular formula is C17H22FNO2. The van der Waals surface area contributed by atoms with Crippen molar-refractivity contribution >= 4 is 0 Å². The van der Waals surface area contributed by atoms with Gasteiger partial charge in [0.15, 0.2) is 11.6 Å². The maximum absolute atomic E-state index is 13.6. The first kappa shape index (κ1) is 15.6. The minimum absolute atomic E-state index is 0.0359. The van der Waals surface area contributed by atoms with Crippen LogP contribution in [0, 0.1) is 12.7 Å². The van der Waals surface area contributed by atoms with E-state index >= 15 is 0 Å². The van der Waals surface area contributed by atoms with Gasteiger partial charge in [-0.15, -0.1) is 0 Å². The monoisotopic (exact) mass is 291 g/mol. The van der Waals surface area contributed by atoms with Crippen molar-refractivity contribution in [3.8, 4) is 5.75 Å². The van der Waals surface area contributed by atoms with Crippen molar-refractivity contribution in [2.75, 3.05) is 0 Å². The first-order chi connectivity index (χ1) is 9.83. The third-order valence-electron chi connectivity index (χ3n) is 2.97. The Labute approximate surface area is 125 Å². The van der Waals surface area contributed by atoms with E-state index in [4.69, 9.17) is 9.15 Å². The van der Waals surface area contributed by atoms with E-state index in [1.54, 1.807) is 12.1 Å². The van der Waals surface area contributed by atoms with Crippen LogP contribution in [0.5, 0.6) is 5.75 Å². The summed E-state index contributed by atoms with van der Waals surface area (Å²) in [5, 5.41) is 3.35. The molecule has 2 aromatic rings. The van der Waals surface area contributed by atoms with Gasteiger partial charge in [-0.25, -0.2) is 4.39 Å². The number of halogens is 1. The fraction of sp³-hybridized carbons (Fsp3) is 0.412. The molecule has 0 atom stereocenters. The molecule has 0 aliphatic heterocycles. The molecule has 0 radical (unpaired) electrons. The Morgan fingerprint density at radius 3 is 2.57 bits per heavy atom. The Kier molecular flexibility index (Phi) is 4.68. The lowest BCUT2D eigenvalue weighted by atomic mass is 10.1. The zero-order valence-electron chi connectivity index (χ0n) is 13.0. The number of furan rings is 1. The summed E-state index contributed by atoms with van der Waals surface area (Å²) in [6.45, 7) is 9.06. The van der Waals surface area contributed by atoms with Gasteiger partial charge in [0.05, 0.1) is 6.54 Å². The molecule has 3 nitrogen and oxygen atoms in total. The van der Waals surface area contributed by atoms with Crippen LogP contribution < -0.4 is 10.1 Å². The molecule has 0 unspecified atom stereocenters. The number of aryl methyl sites for hydroxylation is 1. The number of ether oxygens (including phenoxy) is 1. The highest BCUT2D eigenvalue weighted by atomic mass is 19.1. The van der Waals surface area contributed by atoms with Gasteiger partial charge in [-0.2, -0.15) is 0 Å². The summed E-state index contributed by atoms with van der Waals surface area (Å²) < 4.78 is 24.7. The van der Waals surface area contributed by atoms with Crippen molar-refractivity contribution in [3.63, 3.8) is 0 Å². The predicted molar refractivity (Wildman–Crippen MR) is 80.8 cm³/mol. The molecule has 0 aliphatic carbocycles. The zero-order valence-corrected chi connectivity index (χ0v) is 13.0. The summed E-state index contributed by atoms with van der Waals surface area (Å²) in [6, 6.07) is 8.56. The lowest BCUT2D eigenvalue weighted by Gasteiger charge is -2.19. The van der Waals surface area contributed by atoms with Crippen LogP contribution in [0.4, 0.5) is 4.39 Å². The van der Waals surface area contributed by atoms with E-state index in [2.05, 4.69) is 26.1 Å². The van der Waals surface area contributed by atoms with Gasteiger partial charge in [0.1, 0.15) is 18.1 Å². The fourth-order valence-electron chi connectivity index (χ4n) is 1.82. The average molecular weight is 291 g/mol.